The van der Waals surface area contributed by atoms with Crippen molar-refractivity contribution >= 4 is 27.3 Å². The topological polar surface area (TPSA) is 69.7 Å². The molecule has 2 aromatic rings. The largest absolute Gasteiger partial charge is 0.416 e. The number of fused-ring (bicyclic) bond motifs is 1. The number of halogens is 4. The molecule has 188 valence electrons. The number of amides is 1. The van der Waals surface area contributed by atoms with Gasteiger partial charge in [0.2, 0.25) is 15.9 Å². The molecule has 0 aliphatic carbocycles. The lowest BCUT2D eigenvalue weighted by atomic mass is 9.94. The van der Waals surface area contributed by atoms with E-state index in [1.165, 1.54) is 4.31 Å². The van der Waals surface area contributed by atoms with Crippen LogP contribution >= 0.6 is 0 Å². The first kappa shape index (κ1) is 25.2. The Bertz CT molecular complexity index is 1250. The van der Waals surface area contributed by atoms with E-state index in [1.807, 2.05) is 6.07 Å². The minimum Gasteiger partial charge on any atom is -0.353 e. The molecule has 1 fully saturated rings. The summed E-state index contributed by atoms with van der Waals surface area (Å²) < 4.78 is 78.4. The normalized spacial score (nSPS) is 19.2. The summed E-state index contributed by atoms with van der Waals surface area (Å²) in [5, 5.41) is 3.78. The van der Waals surface area contributed by atoms with Crippen LogP contribution in [0.2, 0.25) is 0 Å². The Balaban J connectivity index is 1.48. The van der Waals surface area contributed by atoms with Crippen LogP contribution in [0.3, 0.4) is 0 Å². The van der Waals surface area contributed by atoms with Crippen molar-refractivity contribution in [3.63, 3.8) is 0 Å². The molecule has 6 nitrogen and oxygen atoms in total. The van der Waals surface area contributed by atoms with Gasteiger partial charge in [-0.15, -0.1) is 0 Å². The van der Waals surface area contributed by atoms with Crippen LogP contribution in [-0.2, 0) is 34.0 Å². The van der Waals surface area contributed by atoms with E-state index < -0.39 is 33.5 Å². The van der Waals surface area contributed by atoms with E-state index in [4.69, 9.17) is 0 Å². The molecule has 4 rings (SSSR count). The van der Waals surface area contributed by atoms with Crippen LogP contribution in [0.5, 0.6) is 0 Å². The van der Waals surface area contributed by atoms with Gasteiger partial charge >= 0.3 is 6.18 Å². The molecule has 2 aromatic carbocycles. The minimum absolute atomic E-state index is 0.0735. The maximum Gasteiger partial charge on any atom is 0.416 e. The van der Waals surface area contributed by atoms with Gasteiger partial charge in [-0.2, -0.15) is 17.5 Å². The third kappa shape index (κ3) is 5.35. The first-order chi connectivity index (χ1) is 16.5. The van der Waals surface area contributed by atoms with E-state index in [2.05, 4.69) is 11.9 Å². The standard InChI is InChI=1S/C24H25F4N3O3S/c1-2-35(33,34)31-11-4-6-17(15-31)23(32)30-12-10-19-16(14-30)5-3-7-21(19)29-22-9-8-18(13-20(22)25)24(26,27)28/h2-3,5,7-9,13,17,29H,1,4,6,10-12,14-15H2. The monoisotopic (exact) mass is 511 g/mol. The van der Waals surface area contributed by atoms with Crippen molar-refractivity contribution in [2.24, 2.45) is 5.92 Å². The fourth-order valence-corrected chi connectivity index (χ4v) is 5.57. The molecular weight excluding hydrogens is 486 g/mol. The highest BCUT2D eigenvalue weighted by Gasteiger charge is 2.35. The van der Waals surface area contributed by atoms with E-state index in [9.17, 15) is 30.8 Å². The molecule has 1 atom stereocenters. The Morgan fingerprint density at radius 2 is 1.91 bits per heavy atom. The van der Waals surface area contributed by atoms with Crippen LogP contribution in [-0.4, -0.2) is 43.2 Å². The molecule has 0 saturated carbocycles. The molecule has 1 amide bonds. The summed E-state index contributed by atoms with van der Waals surface area (Å²) in [4.78, 5) is 14.9. The van der Waals surface area contributed by atoms with Gasteiger partial charge < -0.3 is 10.2 Å². The van der Waals surface area contributed by atoms with Gasteiger partial charge in [-0.05, 0) is 54.7 Å². The van der Waals surface area contributed by atoms with Gasteiger partial charge in [0.15, 0.2) is 0 Å². The maximum absolute atomic E-state index is 14.3. The fraction of sp³-hybridized carbons (Fsp3) is 0.375. The number of hydrogen-bond acceptors (Lipinski definition) is 4. The Kier molecular flexibility index (Phi) is 6.92. The summed E-state index contributed by atoms with van der Waals surface area (Å²) in [6.07, 6.45) is -2.98. The van der Waals surface area contributed by atoms with Crippen LogP contribution in [0.4, 0.5) is 28.9 Å². The molecule has 0 spiro atoms. The number of nitrogens with one attached hydrogen (secondary N) is 1. The number of alkyl halides is 3. The van der Waals surface area contributed by atoms with E-state index >= 15 is 0 Å². The first-order valence-corrected chi connectivity index (χ1v) is 12.7. The van der Waals surface area contributed by atoms with Crippen LogP contribution < -0.4 is 5.32 Å². The van der Waals surface area contributed by atoms with E-state index in [0.717, 1.165) is 28.7 Å². The molecule has 1 unspecified atom stereocenters. The van der Waals surface area contributed by atoms with Gasteiger partial charge in [0, 0.05) is 37.3 Å². The van der Waals surface area contributed by atoms with Crippen molar-refractivity contribution in [3.8, 4) is 0 Å². The van der Waals surface area contributed by atoms with E-state index in [1.54, 1.807) is 17.0 Å². The molecule has 0 radical (unpaired) electrons. The van der Waals surface area contributed by atoms with Crippen molar-refractivity contribution < 1.29 is 30.8 Å². The predicted molar refractivity (Wildman–Crippen MR) is 124 cm³/mol. The molecule has 2 aliphatic rings. The zero-order chi connectivity index (χ0) is 25.4. The number of benzene rings is 2. The molecule has 1 saturated heterocycles. The van der Waals surface area contributed by atoms with E-state index in [-0.39, 0.29) is 18.1 Å². The quantitative estimate of drug-likeness (QED) is 0.593. The number of piperidine rings is 1. The van der Waals surface area contributed by atoms with Crippen molar-refractivity contribution in [3.05, 3.63) is 70.9 Å². The second kappa shape index (κ2) is 9.62. The second-order valence-electron chi connectivity index (χ2n) is 8.68. The summed E-state index contributed by atoms with van der Waals surface area (Å²) in [7, 11) is -3.59. The Hall–Kier alpha value is -2.92. The summed E-state index contributed by atoms with van der Waals surface area (Å²) >= 11 is 0. The van der Waals surface area contributed by atoms with Gasteiger partial charge in [-0.1, -0.05) is 18.7 Å². The highest BCUT2D eigenvalue weighted by Crippen LogP contribution is 2.34. The van der Waals surface area contributed by atoms with Crippen molar-refractivity contribution in [2.75, 3.05) is 25.0 Å². The molecule has 0 aromatic heterocycles. The van der Waals surface area contributed by atoms with Crippen molar-refractivity contribution in [1.82, 2.24) is 9.21 Å². The van der Waals surface area contributed by atoms with Crippen molar-refractivity contribution in [1.29, 1.82) is 0 Å². The zero-order valence-electron chi connectivity index (χ0n) is 18.8. The molecule has 1 N–H and O–H groups in total. The number of sulfonamides is 1. The smallest absolute Gasteiger partial charge is 0.353 e. The molecule has 2 aliphatic heterocycles. The van der Waals surface area contributed by atoms with Gasteiger partial charge in [0.05, 0.1) is 17.2 Å². The fourth-order valence-electron chi connectivity index (χ4n) is 4.59. The number of rotatable bonds is 5. The average Bonchev–Trinajstić information content (AvgIpc) is 2.84. The van der Waals surface area contributed by atoms with Crippen LogP contribution in [0.1, 0.15) is 29.5 Å². The molecular formula is C24H25F4N3O3S. The van der Waals surface area contributed by atoms with Gasteiger partial charge in [-0.25, -0.2) is 12.8 Å². The maximum atomic E-state index is 14.3. The summed E-state index contributed by atoms with van der Waals surface area (Å²) in [5.41, 5.74) is 1.13. The average molecular weight is 512 g/mol. The minimum atomic E-state index is -4.63. The van der Waals surface area contributed by atoms with E-state index in [0.29, 0.717) is 50.7 Å². The lowest BCUT2D eigenvalue weighted by molar-refractivity contribution is -0.138. The third-order valence-corrected chi connectivity index (χ3v) is 7.92. The third-order valence-electron chi connectivity index (χ3n) is 6.45. The number of carbonyl (C=O) groups excluding carboxylic acids is 1. The molecule has 2 heterocycles. The van der Waals surface area contributed by atoms with Crippen LogP contribution in [0.15, 0.2) is 48.4 Å². The number of anilines is 2. The Morgan fingerprint density at radius 1 is 1.14 bits per heavy atom. The lowest BCUT2D eigenvalue weighted by Crippen LogP contribution is -2.47. The van der Waals surface area contributed by atoms with Crippen molar-refractivity contribution in [2.45, 2.75) is 32.0 Å². The molecule has 11 heteroatoms. The second-order valence-corrected chi connectivity index (χ2v) is 10.6. The summed E-state index contributed by atoms with van der Waals surface area (Å²) in [6.45, 7) is 4.52. The predicted octanol–water partition coefficient (Wildman–Crippen LogP) is 4.66. The zero-order valence-corrected chi connectivity index (χ0v) is 19.6. The molecule has 35 heavy (non-hydrogen) atoms. The Morgan fingerprint density at radius 3 is 2.60 bits per heavy atom. The SMILES string of the molecule is C=CS(=O)(=O)N1CCCC(C(=O)N2CCc3c(cccc3Nc3ccc(C(F)(F)F)cc3F)C2)C1. The first-order valence-electron chi connectivity index (χ1n) is 11.2. The van der Waals surface area contributed by atoms with Gasteiger partial charge in [-0.3, -0.25) is 4.79 Å². The highest BCUT2D eigenvalue weighted by atomic mass is 32.2. The number of nitrogens with zero attached hydrogens (tertiary/aromatic N) is 2. The number of carbonyl (C=O) groups is 1. The summed E-state index contributed by atoms with van der Waals surface area (Å²) in [5.74, 6) is -1.57. The molecule has 0 bridgehead atoms. The number of hydrogen-bond donors (Lipinski definition) is 1. The Labute approximate surface area is 201 Å². The van der Waals surface area contributed by atoms with Crippen LogP contribution in [0, 0.1) is 11.7 Å². The van der Waals surface area contributed by atoms with Gasteiger partial charge in [0.1, 0.15) is 5.82 Å². The summed E-state index contributed by atoms with van der Waals surface area (Å²) in [6, 6.07) is 7.63. The highest BCUT2D eigenvalue weighted by molar-refractivity contribution is 7.92. The van der Waals surface area contributed by atoms with Gasteiger partial charge in [0.25, 0.3) is 0 Å². The van der Waals surface area contributed by atoms with Crippen LogP contribution in [0.25, 0.3) is 0 Å². The lowest BCUT2D eigenvalue weighted by Gasteiger charge is -2.36.